The highest BCUT2D eigenvalue weighted by atomic mass is 31.8. The van der Waals surface area contributed by atoms with Crippen LogP contribution >= 0.6 is 15.8 Å². The Kier molecular flexibility index (Phi) is 6.50. The lowest BCUT2D eigenvalue weighted by molar-refractivity contribution is -0.0593. The summed E-state index contributed by atoms with van der Waals surface area (Å²) in [5.74, 6) is 0.184. The SMILES string of the molecule is O=C(Nc1ncnc2c1ncn2[C@@H]1O[C@@H]2COP(O)(=P)OC2[C@@H]1O)OC1/C=C/CCCCC1. The Morgan fingerprint density at radius 1 is 1.30 bits per heavy atom. The Morgan fingerprint density at radius 2 is 2.18 bits per heavy atom. The molecule has 2 aromatic heterocycles. The van der Waals surface area contributed by atoms with Crippen molar-refractivity contribution in [2.75, 3.05) is 11.9 Å². The van der Waals surface area contributed by atoms with Gasteiger partial charge in [0.1, 0.15) is 30.7 Å². The van der Waals surface area contributed by atoms with Crippen LogP contribution in [0.3, 0.4) is 0 Å². The number of carbonyl (C=O) groups excluding carboxylic acids is 1. The Labute approximate surface area is 191 Å². The van der Waals surface area contributed by atoms with Crippen molar-refractivity contribution in [3.05, 3.63) is 24.8 Å². The molecule has 0 radical (unpaired) electrons. The van der Waals surface area contributed by atoms with Gasteiger partial charge in [0.25, 0.3) is 7.23 Å². The van der Waals surface area contributed by atoms with Gasteiger partial charge in [-0.05, 0) is 40.3 Å². The maximum Gasteiger partial charge on any atom is 0.413 e. The number of allylic oxidation sites excluding steroid dienone is 1. The van der Waals surface area contributed by atoms with Crippen LogP contribution in [0.15, 0.2) is 24.8 Å². The lowest BCUT2D eigenvalue weighted by Crippen LogP contribution is -2.38. The average Bonchev–Trinajstić information content (AvgIpc) is 3.31. The molecule has 2 saturated heterocycles. The van der Waals surface area contributed by atoms with E-state index in [4.69, 9.17) is 18.5 Å². The van der Waals surface area contributed by atoms with Gasteiger partial charge in [-0.15, -0.1) is 0 Å². The molecule has 5 rings (SSSR count). The Bertz CT molecular complexity index is 1110. The summed E-state index contributed by atoms with van der Waals surface area (Å²) in [5, 5.41) is 13.4. The summed E-state index contributed by atoms with van der Waals surface area (Å²) in [4.78, 5) is 35.2. The van der Waals surface area contributed by atoms with Gasteiger partial charge in [0.15, 0.2) is 23.2 Å². The van der Waals surface area contributed by atoms with E-state index < -0.39 is 37.9 Å². The summed E-state index contributed by atoms with van der Waals surface area (Å²) in [6, 6.07) is 0. The first-order valence-electron chi connectivity index (χ1n) is 10.8. The van der Waals surface area contributed by atoms with E-state index in [0.29, 0.717) is 11.2 Å². The summed E-state index contributed by atoms with van der Waals surface area (Å²) in [7, 11) is -0.134. The summed E-state index contributed by atoms with van der Waals surface area (Å²) >= 11 is 0. The van der Waals surface area contributed by atoms with E-state index in [2.05, 4.69) is 28.8 Å². The molecule has 33 heavy (non-hydrogen) atoms. The highest BCUT2D eigenvalue weighted by Gasteiger charge is 2.50. The maximum atomic E-state index is 12.5. The smallest absolute Gasteiger partial charge is 0.413 e. The van der Waals surface area contributed by atoms with Gasteiger partial charge in [-0.1, -0.05) is 12.5 Å². The van der Waals surface area contributed by atoms with Gasteiger partial charge in [-0.3, -0.25) is 9.88 Å². The second kappa shape index (κ2) is 9.38. The van der Waals surface area contributed by atoms with Crippen molar-refractivity contribution < 1.29 is 33.3 Å². The van der Waals surface area contributed by atoms with Gasteiger partial charge in [0.2, 0.25) is 0 Å². The minimum atomic E-state index is -3.19. The van der Waals surface area contributed by atoms with Crippen LogP contribution < -0.4 is 5.32 Å². The number of nitrogens with zero attached hydrogens (tertiary/aromatic N) is 4. The quantitative estimate of drug-likeness (QED) is 0.427. The summed E-state index contributed by atoms with van der Waals surface area (Å²) in [5.41, 5.74) is 0.660. The van der Waals surface area contributed by atoms with Crippen LogP contribution in [0.2, 0.25) is 0 Å². The molecule has 12 nitrogen and oxygen atoms in total. The standard InChI is InChI=1S/C19H25N5O7P2/c25-14-15-12(8-28-33(27,32)31-15)30-18(14)24-10-22-13-16(20-9-21-17(13)24)23-19(26)29-11-6-4-2-1-3-5-7-11/h4,6,9-12,14-15,18,25,27,32H,1-3,5,7-8H2,(H,20,21,23,26)/b6-4+/t11?,12-,14+,15?,18-,33?/m1/s1. The molecular formula is C19H25N5O7P2. The third kappa shape index (κ3) is 4.83. The normalized spacial score (nSPS) is 35.4. The zero-order valence-electron chi connectivity index (χ0n) is 17.6. The third-order valence-corrected chi connectivity index (χ3v) is 7.54. The van der Waals surface area contributed by atoms with Gasteiger partial charge >= 0.3 is 6.09 Å². The van der Waals surface area contributed by atoms with Crippen molar-refractivity contribution >= 4 is 38.8 Å². The van der Waals surface area contributed by atoms with Crippen molar-refractivity contribution in [2.45, 2.75) is 62.7 Å². The zero-order chi connectivity index (χ0) is 23.0. The molecule has 1 amide bonds. The zero-order valence-corrected chi connectivity index (χ0v) is 19.5. The highest BCUT2D eigenvalue weighted by Crippen LogP contribution is 2.56. The molecular weight excluding hydrogens is 472 g/mol. The number of hydrogen-bond donors (Lipinski definition) is 3. The first-order chi connectivity index (χ1) is 15.9. The number of fused-ring (bicyclic) bond motifs is 2. The van der Waals surface area contributed by atoms with Gasteiger partial charge in [-0.25, -0.2) is 19.7 Å². The number of ether oxygens (including phenoxy) is 2. The average molecular weight is 497 g/mol. The van der Waals surface area contributed by atoms with Crippen molar-refractivity contribution in [2.24, 2.45) is 0 Å². The van der Waals surface area contributed by atoms with Gasteiger partial charge in [0.05, 0.1) is 12.9 Å². The van der Waals surface area contributed by atoms with E-state index in [1.165, 1.54) is 17.2 Å². The van der Waals surface area contributed by atoms with Crippen LogP contribution in [-0.4, -0.2) is 66.6 Å². The van der Waals surface area contributed by atoms with Crippen molar-refractivity contribution in [1.29, 1.82) is 0 Å². The molecule has 0 spiro atoms. The first kappa shape index (κ1) is 22.9. The second-order valence-corrected chi connectivity index (χ2v) is 11.3. The number of aliphatic hydroxyl groups excluding tert-OH is 1. The van der Waals surface area contributed by atoms with Crippen molar-refractivity contribution in [3.8, 4) is 0 Å². The van der Waals surface area contributed by atoms with Crippen molar-refractivity contribution in [1.82, 2.24) is 19.5 Å². The number of aliphatic hydroxyl groups is 1. The van der Waals surface area contributed by atoms with Gasteiger partial charge < -0.3 is 28.5 Å². The predicted molar refractivity (Wildman–Crippen MR) is 120 cm³/mol. The number of amides is 1. The first-order valence-corrected chi connectivity index (χ1v) is 13.7. The monoisotopic (exact) mass is 497 g/mol. The fourth-order valence-corrected chi connectivity index (χ4v) is 5.79. The molecule has 178 valence electrons. The number of nitrogens with one attached hydrogen (secondary N) is 1. The largest absolute Gasteiger partial charge is 0.442 e. The lowest BCUT2D eigenvalue weighted by atomic mass is 10.0. The molecule has 0 bridgehead atoms. The van der Waals surface area contributed by atoms with E-state index in [1.807, 2.05) is 12.2 Å². The van der Waals surface area contributed by atoms with E-state index in [9.17, 15) is 14.8 Å². The number of carbonyl (C=O) groups is 1. The van der Waals surface area contributed by atoms with E-state index >= 15 is 0 Å². The molecule has 3 N–H and O–H groups in total. The minimum Gasteiger partial charge on any atom is -0.442 e. The van der Waals surface area contributed by atoms with Crippen LogP contribution in [0.1, 0.15) is 38.3 Å². The lowest BCUT2D eigenvalue weighted by Gasteiger charge is -2.31. The number of anilines is 1. The molecule has 1 aliphatic carbocycles. The maximum absolute atomic E-state index is 12.5. The molecule has 6 atom stereocenters. The van der Waals surface area contributed by atoms with Crippen LogP contribution in [0, 0.1) is 0 Å². The Morgan fingerprint density at radius 3 is 3.06 bits per heavy atom. The number of aromatic nitrogens is 4. The minimum absolute atomic E-state index is 0.0574. The second-order valence-electron chi connectivity index (χ2n) is 8.12. The number of imidazole rings is 1. The molecule has 3 unspecified atom stereocenters. The summed E-state index contributed by atoms with van der Waals surface area (Å²) < 4.78 is 23.6. The van der Waals surface area contributed by atoms with Gasteiger partial charge in [-0.2, -0.15) is 0 Å². The molecule has 2 aliphatic heterocycles. The van der Waals surface area contributed by atoms with E-state index in [1.54, 1.807) is 0 Å². The highest BCUT2D eigenvalue weighted by molar-refractivity contribution is 7.88. The van der Waals surface area contributed by atoms with Crippen LogP contribution in [-0.2, 0) is 18.5 Å². The number of rotatable bonds is 3. The molecule has 2 aromatic rings. The fraction of sp³-hybridized carbons (Fsp3) is 0.579. The summed E-state index contributed by atoms with van der Waals surface area (Å²) in [6.45, 7) is 0.0574. The van der Waals surface area contributed by atoms with Gasteiger partial charge in [0, 0.05) is 0 Å². The predicted octanol–water partition coefficient (Wildman–Crippen LogP) is 2.75. The summed E-state index contributed by atoms with van der Waals surface area (Å²) in [6.07, 6.45) is 7.42. The van der Waals surface area contributed by atoms with Crippen LogP contribution in [0.5, 0.6) is 0 Å². The third-order valence-electron chi connectivity index (χ3n) is 5.81. The topological polar surface area (TPSA) is 150 Å². The molecule has 2 fully saturated rings. The molecule has 4 heterocycles. The molecule has 3 aliphatic rings. The molecule has 0 saturated carbocycles. The van der Waals surface area contributed by atoms with Crippen LogP contribution in [0.25, 0.3) is 11.2 Å². The fourth-order valence-electron chi connectivity index (χ4n) is 4.20. The van der Waals surface area contributed by atoms with Crippen molar-refractivity contribution in [3.63, 3.8) is 0 Å². The van der Waals surface area contributed by atoms with E-state index in [0.717, 1.165) is 32.1 Å². The molecule has 14 heteroatoms. The number of hydrogen-bond acceptors (Lipinski definition) is 9. The van der Waals surface area contributed by atoms with Crippen LogP contribution in [0.4, 0.5) is 10.6 Å². The molecule has 0 aromatic carbocycles. The Hall–Kier alpha value is -1.91. The van der Waals surface area contributed by atoms with E-state index in [-0.39, 0.29) is 18.5 Å². The Balaban J connectivity index is 1.33.